The van der Waals surface area contributed by atoms with Crippen molar-refractivity contribution in [1.29, 1.82) is 0 Å². The number of ether oxygens (including phenoxy) is 2. The summed E-state index contributed by atoms with van der Waals surface area (Å²) < 4.78 is 49.2. The molecule has 2 atom stereocenters. The van der Waals surface area contributed by atoms with Gasteiger partial charge in [0.1, 0.15) is 6.04 Å². The summed E-state index contributed by atoms with van der Waals surface area (Å²) in [7, 11) is 0. The van der Waals surface area contributed by atoms with E-state index in [0.717, 1.165) is 6.42 Å². The third kappa shape index (κ3) is 2.67. The summed E-state index contributed by atoms with van der Waals surface area (Å²) in [5.74, 6) is 0. The van der Waals surface area contributed by atoms with E-state index in [1.165, 1.54) is 4.90 Å². The first-order valence-electron chi connectivity index (χ1n) is 5.59. The van der Waals surface area contributed by atoms with Crippen molar-refractivity contribution in [2.75, 3.05) is 32.9 Å². The molecule has 0 saturated carbocycles. The Kier molecular flexibility index (Phi) is 3.71. The third-order valence-electron chi connectivity index (χ3n) is 3.09. The van der Waals surface area contributed by atoms with Crippen molar-refractivity contribution >= 4 is 0 Å². The van der Waals surface area contributed by atoms with Crippen LogP contribution in [0.3, 0.4) is 0 Å². The van der Waals surface area contributed by atoms with E-state index in [1.54, 1.807) is 0 Å². The standard InChI is InChI=1S/C10H16F3NO2/c11-10(12,13)9(8-2-1-5-16-8)14-3-6-15-7-4-14/h8-9H,1-7H2/t8-,9-/m1/s1. The molecule has 0 radical (unpaired) electrons. The zero-order valence-electron chi connectivity index (χ0n) is 9.00. The lowest BCUT2D eigenvalue weighted by Crippen LogP contribution is -2.56. The number of hydrogen-bond donors (Lipinski definition) is 0. The highest BCUT2D eigenvalue weighted by atomic mass is 19.4. The van der Waals surface area contributed by atoms with Gasteiger partial charge in [0, 0.05) is 19.7 Å². The van der Waals surface area contributed by atoms with E-state index in [0.29, 0.717) is 39.3 Å². The number of halogens is 3. The SMILES string of the molecule is FC(F)(F)[C@@H]([C@H]1CCCO1)N1CCOCC1. The summed E-state index contributed by atoms with van der Waals surface area (Å²) >= 11 is 0. The fraction of sp³-hybridized carbons (Fsp3) is 1.00. The zero-order chi connectivity index (χ0) is 11.6. The Hall–Kier alpha value is -0.330. The summed E-state index contributed by atoms with van der Waals surface area (Å²) in [5.41, 5.74) is 0. The Bertz CT molecular complexity index is 223. The quantitative estimate of drug-likeness (QED) is 0.727. The molecule has 0 aromatic carbocycles. The first-order valence-corrected chi connectivity index (χ1v) is 5.59. The molecule has 2 fully saturated rings. The minimum absolute atomic E-state index is 0.337. The minimum Gasteiger partial charge on any atom is -0.379 e. The Morgan fingerprint density at radius 1 is 1.12 bits per heavy atom. The topological polar surface area (TPSA) is 21.7 Å². The maximum absolute atomic E-state index is 13.0. The molecular weight excluding hydrogens is 223 g/mol. The highest BCUT2D eigenvalue weighted by molar-refractivity contribution is 4.89. The van der Waals surface area contributed by atoms with Crippen molar-refractivity contribution in [1.82, 2.24) is 4.90 Å². The van der Waals surface area contributed by atoms with Gasteiger partial charge in [0.15, 0.2) is 0 Å². The van der Waals surface area contributed by atoms with Crippen molar-refractivity contribution in [3.05, 3.63) is 0 Å². The maximum Gasteiger partial charge on any atom is 0.406 e. The van der Waals surface area contributed by atoms with Crippen LogP contribution >= 0.6 is 0 Å². The normalized spacial score (nSPS) is 30.6. The second-order valence-corrected chi connectivity index (χ2v) is 4.19. The summed E-state index contributed by atoms with van der Waals surface area (Å²) in [5, 5.41) is 0. The van der Waals surface area contributed by atoms with Crippen LogP contribution in [0.4, 0.5) is 13.2 Å². The molecule has 0 unspecified atom stereocenters. The smallest absolute Gasteiger partial charge is 0.379 e. The van der Waals surface area contributed by atoms with E-state index >= 15 is 0 Å². The van der Waals surface area contributed by atoms with Crippen molar-refractivity contribution in [2.24, 2.45) is 0 Å². The van der Waals surface area contributed by atoms with Crippen LogP contribution in [0.15, 0.2) is 0 Å². The number of nitrogens with zero attached hydrogens (tertiary/aromatic N) is 1. The molecule has 6 heteroatoms. The van der Waals surface area contributed by atoms with Gasteiger partial charge in [-0.25, -0.2) is 0 Å². The fourth-order valence-electron chi connectivity index (χ4n) is 2.36. The van der Waals surface area contributed by atoms with Crippen molar-refractivity contribution < 1.29 is 22.6 Å². The molecule has 3 nitrogen and oxygen atoms in total. The van der Waals surface area contributed by atoms with E-state index < -0.39 is 18.3 Å². The Morgan fingerprint density at radius 2 is 1.81 bits per heavy atom. The molecule has 94 valence electrons. The van der Waals surface area contributed by atoms with Crippen LogP contribution in [0, 0.1) is 0 Å². The summed E-state index contributed by atoms with van der Waals surface area (Å²) in [6.45, 7) is 1.87. The van der Waals surface area contributed by atoms with Gasteiger partial charge in [0.25, 0.3) is 0 Å². The molecule has 0 aliphatic carbocycles. The van der Waals surface area contributed by atoms with Crippen LogP contribution in [-0.4, -0.2) is 56.1 Å². The maximum atomic E-state index is 13.0. The second kappa shape index (κ2) is 4.89. The number of morpholine rings is 1. The van der Waals surface area contributed by atoms with Crippen molar-refractivity contribution in [2.45, 2.75) is 31.2 Å². The largest absolute Gasteiger partial charge is 0.406 e. The summed E-state index contributed by atoms with van der Waals surface area (Å²) in [6, 6.07) is -1.46. The van der Waals surface area contributed by atoms with E-state index in [2.05, 4.69) is 0 Å². The summed E-state index contributed by atoms with van der Waals surface area (Å²) in [6.07, 6.45) is -3.69. The molecule has 16 heavy (non-hydrogen) atoms. The highest BCUT2D eigenvalue weighted by Gasteiger charge is 2.49. The monoisotopic (exact) mass is 239 g/mol. The van der Waals surface area contributed by atoms with Crippen LogP contribution in [0.25, 0.3) is 0 Å². The Labute approximate surface area is 92.5 Å². The number of alkyl halides is 3. The van der Waals surface area contributed by atoms with Gasteiger partial charge in [-0.15, -0.1) is 0 Å². The molecule has 2 aliphatic rings. The van der Waals surface area contributed by atoms with Gasteiger partial charge in [-0.3, -0.25) is 4.90 Å². The van der Waals surface area contributed by atoms with Crippen LogP contribution in [0.5, 0.6) is 0 Å². The van der Waals surface area contributed by atoms with Crippen LogP contribution < -0.4 is 0 Å². The van der Waals surface area contributed by atoms with Crippen LogP contribution in [0.1, 0.15) is 12.8 Å². The van der Waals surface area contributed by atoms with Gasteiger partial charge in [-0.2, -0.15) is 13.2 Å². The lowest BCUT2D eigenvalue weighted by atomic mass is 10.1. The molecule has 0 N–H and O–H groups in total. The Balaban J connectivity index is 2.06. The zero-order valence-corrected chi connectivity index (χ0v) is 9.00. The van der Waals surface area contributed by atoms with E-state index in [-0.39, 0.29) is 0 Å². The first kappa shape index (κ1) is 12.1. The van der Waals surface area contributed by atoms with Gasteiger partial charge in [0.2, 0.25) is 0 Å². The molecule has 0 spiro atoms. The number of rotatable bonds is 2. The molecule has 2 heterocycles. The predicted molar refractivity (Wildman–Crippen MR) is 51.2 cm³/mol. The molecule has 2 rings (SSSR count). The highest BCUT2D eigenvalue weighted by Crippen LogP contribution is 2.33. The van der Waals surface area contributed by atoms with E-state index in [9.17, 15) is 13.2 Å². The minimum atomic E-state index is -4.22. The number of hydrogen-bond acceptors (Lipinski definition) is 3. The lowest BCUT2D eigenvalue weighted by Gasteiger charge is -2.38. The van der Waals surface area contributed by atoms with Crippen LogP contribution in [-0.2, 0) is 9.47 Å². The molecule has 2 saturated heterocycles. The van der Waals surface area contributed by atoms with Gasteiger partial charge in [0.05, 0.1) is 19.3 Å². The van der Waals surface area contributed by atoms with Crippen molar-refractivity contribution in [3.63, 3.8) is 0 Å². The third-order valence-corrected chi connectivity index (χ3v) is 3.09. The second-order valence-electron chi connectivity index (χ2n) is 4.19. The van der Waals surface area contributed by atoms with E-state index in [1.807, 2.05) is 0 Å². The predicted octanol–water partition coefficient (Wildman–Crippen LogP) is 1.43. The fourth-order valence-corrected chi connectivity index (χ4v) is 2.36. The van der Waals surface area contributed by atoms with Crippen LogP contribution in [0.2, 0.25) is 0 Å². The average molecular weight is 239 g/mol. The van der Waals surface area contributed by atoms with Gasteiger partial charge in [-0.1, -0.05) is 0 Å². The van der Waals surface area contributed by atoms with Crippen molar-refractivity contribution in [3.8, 4) is 0 Å². The van der Waals surface area contributed by atoms with Gasteiger partial charge in [-0.05, 0) is 12.8 Å². The molecule has 0 bridgehead atoms. The van der Waals surface area contributed by atoms with E-state index in [4.69, 9.17) is 9.47 Å². The molecular formula is C10H16F3NO2. The summed E-state index contributed by atoms with van der Waals surface area (Å²) in [4.78, 5) is 1.44. The van der Waals surface area contributed by atoms with Gasteiger partial charge >= 0.3 is 6.18 Å². The lowest BCUT2D eigenvalue weighted by molar-refractivity contribution is -0.216. The average Bonchev–Trinajstić information content (AvgIpc) is 2.71. The molecule has 2 aliphatic heterocycles. The molecule has 0 amide bonds. The molecule has 0 aromatic rings. The van der Waals surface area contributed by atoms with Gasteiger partial charge < -0.3 is 9.47 Å². The molecule has 0 aromatic heterocycles. The first-order chi connectivity index (χ1) is 7.59. The Morgan fingerprint density at radius 3 is 2.31 bits per heavy atom.